The quantitative estimate of drug-likeness (QED) is 0.880. The zero-order valence-corrected chi connectivity index (χ0v) is 12.7. The lowest BCUT2D eigenvalue weighted by molar-refractivity contribution is -0.121. The van der Waals surface area contributed by atoms with Gasteiger partial charge in [0.05, 0.1) is 5.39 Å². The number of rotatable bonds is 4. The normalized spacial score (nSPS) is 12.5. The first kappa shape index (κ1) is 15.2. The Hall–Kier alpha value is -2.22. The molecule has 3 N–H and O–H groups in total. The number of carboxylic acid groups (broad SMARTS) is 1. The van der Waals surface area contributed by atoms with Crippen molar-refractivity contribution in [1.29, 1.82) is 0 Å². The molecular weight excluding hydrogens is 294 g/mol. The van der Waals surface area contributed by atoms with E-state index in [1.54, 1.807) is 20.8 Å². The third-order valence-corrected chi connectivity index (χ3v) is 4.57. The molecule has 0 spiro atoms. The van der Waals surface area contributed by atoms with Gasteiger partial charge in [-0.15, -0.1) is 11.3 Å². The number of fused-ring (bicyclic) bond motifs is 1. The number of primary amides is 1. The van der Waals surface area contributed by atoms with Crippen LogP contribution in [0.3, 0.4) is 0 Å². The van der Waals surface area contributed by atoms with Crippen LogP contribution in [0.5, 0.6) is 0 Å². The number of hydrogen-bond acceptors (Lipinski definition) is 5. The maximum absolute atomic E-state index is 12.6. The van der Waals surface area contributed by atoms with Crippen LogP contribution in [0.4, 0.5) is 0 Å². The summed E-state index contributed by atoms with van der Waals surface area (Å²) in [6.07, 6.45) is 0.359. The van der Waals surface area contributed by atoms with Gasteiger partial charge in [-0.1, -0.05) is 6.92 Å². The van der Waals surface area contributed by atoms with Crippen LogP contribution >= 0.6 is 11.3 Å². The maximum atomic E-state index is 12.6. The number of carboxylic acids is 1. The molecule has 0 fully saturated rings. The van der Waals surface area contributed by atoms with Gasteiger partial charge in [0, 0.05) is 0 Å². The van der Waals surface area contributed by atoms with Crippen LogP contribution in [0.1, 0.15) is 40.4 Å². The summed E-state index contributed by atoms with van der Waals surface area (Å²) in [5.41, 5.74) is 5.28. The van der Waals surface area contributed by atoms with E-state index in [0.29, 0.717) is 22.6 Å². The standard InChI is InChI=1S/C13H15N3O4S/c1-4-7(10(14)17)16-6(3)15-11-8(12(16)18)5(2)9(21-11)13(19)20/h7H,4H2,1-3H3,(H2,14,17)(H,19,20). The van der Waals surface area contributed by atoms with Gasteiger partial charge < -0.3 is 10.8 Å². The van der Waals surface area contributed by atoms with E-state index in [1.165, 1.54) is 4.57 Å². The van der Waals surface area contributed by atoms with Gasteiger partial charge in [0.25, 0.3) is 5.56 Å². The highest BCUT2D eigenvalue weighted by Crippen LogP contribution is 2.28. The van der Waals surface area contributed by atoms with Gasteiger partial charge >= 0.3 is 5.97 Å². The molecule has 0 saturated carbocycles. The highest BCUT2D eigenvalue weighted by molar-refractivity contribution is 7.20. The number of hydrogen-bond donors (Lipinski definition) is 2. The number of aryl methyl sites for hydroxylation is 2. The Kier molecular flexibility index (Phi) is 3.82. The van der Waals surface area contributed by atoms with Gasteiger partial charge in [-0.3, -0.25) is 14.2 Å². The zero-order chi connectivity index (χ0) is 15.9. The molecule has 2 aromatic rings. The summed E-state index contributed by atoms with van der Waals surface area (Å²) in [6, 6.07) is -0.790. The van der Waals surface area contributed by atoms with E-state index in [2.05, 4.69) is 4.98 Å². The molecule has 1 atom stereocenters. The number of nitrogens with zero attached hydrogens (tertiary/aromatic N) is 2. The van der Waals surface area contributed by atoms with Crippen LogP contribution in [0, 0.1) is 13.8 Å². The van der Waals surface area contributed by atoms with Gasteiger partial charge in [0.15, 0.2) is 0 Å². The second kappa shape index (κ2) is 5.28. The van der Waals surface area contributed by atoms with Crippen LogP contribution in [-0.2, 0) is 4.79 Å². The fraction of sp³-hybridized carbons (Fsp3) is 0.385. The number of carbonyl (C=O) groups excluding carboxylic acids is 1. The molecular formula is C13H15N3O4S. The highest BCUT2D eigenvalue weighted by atomic mass is 32.1. The lowest BCUT2D eigenvalue weighted by atomic mass is 10.1. The van der Waals surface area contributed by atoms with Crippen molar-refractivity contribution in [2.24, 2.45) is 5.73 Å². The van der Waals surface area contributed by atoms with Crippen molar-refractivity contribution in [1.82, 2.24) is 9.55 Å². The van der Waals surface area contributed by atoms with Crippen molar-refractivity contribution < 1.29 is 14.7 Å². The first-order valence-electron chi connectivity index (χ1n) is 6.34. The minimum atomic E-state index is -1.10. The number of amides is 1. The van der Waals surface area contributed by atoms with Crippen LogP contribution in [-0.4, -0.2) is 26.5 Å². The fourth-order valence-corrected chi connectivity index (χ4v) is 3.44. The summed E-state index contributed by atoms with van der Waals surface area (Å²) in [5.74, 6) is -1.37. The van der Waals surface area contributed by atoms with E-state index in [0.717, 1.165) is 11.3 Å². The van der Waals surface area contributed by atoms with Gasteiger partial charge in [0.2, 0.25) is 5.91 Å². The summed E-state index contributed by atoms with van der Waals surface area (Å²) < 4.78 is 1.25. The Morgan fingerprint density at radius 2 is 2.05 bits per heavy atom. The molecule has 0 aliphatic rings. The first-order chi connectivity index (χ1) is 9.79. The maximum Gasteiger partial charge on any atom is 0.346 e. The van der Waals surface area contributed by atoms with E-state index in [1.807, 2.05) is 0 Å². The second-order valence-corrected chi connectivity index (χ2v) is 5.70. The van der Waals surface area contributed by atoms with Gasteiger partial charge in [0.1, 0.15) is 21.6 Å². The second-order valence-electron chi connectivity index (χ2n) is 4.70. The monoisotopic (exact) mass is 309 g/mol. The Bertz CT molecular complexity index is 806. The van der Waals surface area contributed by atoms with E-state index in [-0.39, 0.29) is 10.3 Å². The molecule has 0 aromatic carbocycles. The van der Waals surface area contributed by atoms with Crippen molar-refractivity contribution in [2.75, 3.05) is 0 Å². The molecule has 21 heavy (non-hydrogen) atoms. The Balaban J connectivity index is 2.87. The van der Waals surface area contributed by atoms with Gasteiger partial charge in [-0.05, 0) is 25.8 Å². The molecule has 0 aliphatic heterocycles. The fourth-order valence-electron chi connectivity index (χ4n) is 2.38. The Morgan fingerprint density at radius 3 is 2.52 bits per heavy atom. The molecule has 2 rings (SSSR count). The summed E-state index contributed by atoms with van der Waals surface area (Å²) in [4.78, 5) is 40.0. The number of aromatic carboxylic acids is 1. The SMILES string of the molecule is CCC(C(N)=O)n1c(C)nc2sc(C(=O)O)c(C)c2c1=O. The molecule has 1 unspecified atom stereocenters. The smallest absolute Gasteiger partial charge is 0.346 e. The van der Waals surface area contributed by atoms with E-state index in [9.17, 15) is 14.4 Å². The molecule has 0 saturated heterocycles. The van der Waals surface area contributed by atoms with Crippen molar-refractivity contribution in [3.05, 3.63) is 26.6 Å². The van der Waals surface area contributed by atoms with E-state index < -0.39 is 23.5 Å². The molecule has 112 valence electrons. The minimum Gasteiger partial charge on any atom is -0.477 e. The molecule has 0 aliphatic carbocycles. The highest BCUT2D eigenvalue weighted by Gasteiger charge is 2.24. The lowest BCUT2D eigenvalue weighted by Crippen LogP contribution is -2.35. The van der Waals surface area contributed by atoms with Crippen LogP contribution in [0.2, 0.25) is 0 Å². The predicted octanol–water partition coefficient (Wildman–Crippen LogP) is 1.21. The van der Waals surface area contributed by atoms with Crippen molar-refractivity contribution >= 4 is 33.4 Å². The van der Waals surface area contributed by atoms with E-state index in [4.69, 9.17) is 10.8 Å². The summed E-state index contributed by atoms with van der Waals surface area (Å²) in [6.45, 7) is 4.91. The van der Waals surface area contributed by atoms with Crippen LogP contribution in [0.25, 0.3) is 10.2 Å². The third-order valence-electron chi connectivity index (χ3n) is 3.39. The minimum absolute atomic E-state index is 0.0823. The molecule has 8 heteroatoms. The summed E-state index contributed by atoms with van der Waals surface area (Å²) in [5, 5.41) is 9.38. The van der Waals surface area contributed by atoms with Crippen LogP contribution in [0.15, 0.2) is 4.79 Å². The zero-order valence-electron chi connectivity index (χ0n) is 11.8. The molecule has 0 radical (unpaired) electrons. The lowest BCUT2D eigenvalue weighted by Gasteiger charge is -2.17. The van der Waals surface area contributed by atoms with Crippen molar-refractivity contribution in [3.63, 3.8) is 0 Å². The molecule has 2 aromatic heterocycles. The van der Waals surface area contributed by atoms with Gasteiger partial charge in [-0.25, -0.2) is 9.78 Å². The number of aromatic nitrogens is 2. The van der Waals surface area contributed by atoms with E-state index >= 15 is 0 Å². The summed E-state index contributed by atoms with van der Waals surface area (Å²) >= 11 is 0.957. The van der Waals surface area contributed by atoms with Crippen molar-refractivity contribution in [2.45, 2.75) is 33.2 Å². The predicted molar refractivity (Wildman–Crippen MR) is 78.8 cm³/mol. The average molecular weight is 309 g/mol. The number of carbonyl (C=O) groups is 2. The van der Waals surface area contributed by atoms with Gasteiger partial charge in [-0.2, -0.15) is 0 Å². The topological polar surface area (TPSA) is 115 Å². The molecule has 7 nitrogen and oxygen atoms in total. The Labute approximate surface area is 124 Å². The molecule has 0 bridgehead atoms. The third kappa shape index (κ3) is 2.31. The molecule has 2 heterocycles. The number of nitrogens with two attached hydrogens (primary N) is 1. The first-order valence-corrected chi connectivity index (χ1v) is 7.16. The summed E-state index contributed by atoms with van der Waals surface area (Å²) in [7, 11) is 0. The van der Waals surface area contributed by atoms with Crippen LogP contribution < -0.4 is 11.3 Å². The Morgan fingerprint density at radius 1 is 1.43 bits per heavy atom. The average Bonchev–Trinajstić information content (AvgIpc) is 2.71. The largest absolute Gasteiger partial charge is 0.477 e. The van der Waals surface area contributed by atoms with Crippen molar-refractivity contribution in [3.8, 4) is 0 Å². The molecule has 1 amide bonds. The number of thiophene rings is 1.